The average molecular weight is 402 g/mol. The molecular formula is C24H26N4O2. The topological polar surface area (TPSA) is 73.5 Å². The third-order valence-corrected chi connectivity index (χ3v) is 6.44. The van der Waals surface area contributed by atoms with E-state index in [4.69, 9.17) is 0 Å². The van der Waals surface area contributed by atoms with E-state index in [-0.39, 0.29) is 29.9 Å². The Kier molecular flexibility index (Phi) is 4.13. The molecule has 3 aliphatic rings. The molecule has 2 aromatic rings. The van der Waals surface area contributed by atoms with Crippen LogP contribution in [0.15, 0.2) is 30.3 Å². The van der Waals surface area contributed by atoms with Crippen LogP contribution in [0, 0.1) is 0 Å². The van der Waals surface area contributed by atoms with Gasteiger partial charge in [0, 0.05) is 12.6 Å². The molecule has 0 fully saturated rings. The quantitative estimate of drug-likeness (QED) is 0.727. The van der Waals surface area contributed by atoms with Crippen molar-refractivity contribution in [3.63, 3.8) is 0 Å². The molecule has 1 amide bonds. The minimum absolute atomic E-state index is 0.0451. The van der Waals surface area contributed by atoms with Crippen molar-refractivity contribution in [1.29, 1.82) is 0 Å². The lowest BCUT2D eigenvalue weighted by Gasteiger charge is -2.36. The van der Waals surface area contributed by atoms with E-state index in [9.17, 15) is 9.59 Å². The number of nitrogens with zero attached hydrogens (tertiary/aromatic N) is 1. The van der Waals surface area contributed by atoms with Gasteiger partial charge >= 0.3 is 0 Å². The number of carbonyl (C=O) groups excluding carboxylic acids is 2. The first-order chi connectivity index (χ1) is 14.4. The molecule has 5 rings (SSSR count). The van der Waals surface area contributed by atoms with Gasteiger partial charge in [-0.2, -0.15) is 0 Å². The summed E-state index contributed by atoms with van der Waals surface area (Å²) in [5.41, 5.74) is 4.42. The van der Waals surface area contributed by atoms with Crippen LogP contribution in [-0.2, 0) is 11.2 Å². The van der Waals surface area contributed by atoms with Crippen LogP contribution in [0.1, 0.15) is 36.2 Å². The third-order valence-electron chi connectivity index (χ3n) is 6.44. The van der Waals surface area contributed by atoms with Crippen molar-refractivity contribution in [2.75, 3.05) is 29.1 Å². The van der Waals surface area contributed by atoms with E-state index in [0.29, 0.717) is 5.56 Å². The first kappa shape index (κ1) is 18.7. The van der Waals surface area contributed by atoms with Gasteiger partial charge in [0.1, 0.15) is 5.78 Å². The monoisotopic (exact) mass is 402 g/mol. The van der Waals surface area contributed by atoms with E-state index < -0.39 is 0 Å². The molecule has 1 atom stereocenters. The second-order valence-corrected chi connectivity index (χ2v) is 8.57. The molecule has 2 aromatic carbocycles. The zero-order valence-electron chi connectivity index (χ0n) is 17.5. The first-order valence-corrected chi connectivity index (χ1v) is 10.4. The van der Waals surface area contributed by atoms with Crippen molar-refractivity contribution in [3.05, 3.63) is 51.9 Å². The standard InChI is InChI=1S/C24H26N4O2/c1-14(29)13-25-23(30)19-10-20-22(26-15(2)28(20)3)21-18(19)8-9-24(27-21)11-16-6-4-5-7-17(16)12-24/h4-7,10-12,15,26-27H,8-9,13H2,1-3H3,(H,25,30). The molecule has 1 unspecified atom stereocenters. The number of fused-ring (bicyclic) bond motifs is 4. The molecule has 0 radical (unpaired) electrons. The molecule has 1 aliphatic carbocycles. The Balaban J connectivity index is 1.61. The van der Waals surface area contributed by atoms with Crippen molar-refractivity contribution < 1.29 is 9.59 Å². The van der Waals surface area contributed by atoms with Crippen molar-refractivity contribution >= 4 is 40.9 Å². The van der Waals surface area contributed by atoms with E-state index in [2.05, 4.69) is 64.2 Å². The number of amides is 1. The highest BCUT2D eigenvalue weighted by molar-refractivity contribution is 6.04. The van der Waals surface area contributed by atoms with Gasteiger partial charge in [-0.3, -0.25) is 9.59 Å². The second-order valence-electron chi connectivity index (χ2n) is 8.57. The van der Waals surface area contributed by atoms with Crippen LogP contribution in [0.4, 0.5) is 17.1 Å². The van der Waals surface area contributed by atoms with Crippen LogP contribution in [0.2, 0.25) is 0 Å². The highest BCUT2D eigenvalue weighted by Crippen LogP contribution is 2.48. The number of carbonyl (C=O) groups is 2. The van der Waals surface area contributed by atoms with Crippen LogP contribution in [0.25, 0.3) is 12.2 Å². The van der Waals surface area contributed by atoms with Crippen molar-refractivity contribution in [1.82, 2.24) is 5.32 Å². The molecule has 0 saturated carbocycles. The fourth-order valence-corrected chi connectivity index (χ4v) is 4.76. The number of hydrogen-bond acceptors (Lipinski definition) is 5. The molecular weight excluding hydrogens is 376 g/mol. The number of Topliss-reactive ketones (excluding diaryl/α,β-unsaturated/α-hetero) is 1. The van der Waals surface area contributed by atoms with Gasteiger partial charge in [-0.25, -0.2) is 0 Å². The van der Waals surface area contributed by atoms with Gasteiger partial charge in [-0.05, 0) is 60.9 Å². The summed E-state index contributed by atoms with van der Waals surface area (Å²) >= 11 is 0. The predicted octanol–water partition coefficient (Wildman–Crippen LogP) is 1.58. The Morgan fingerprint density at radius 1 is 1.20 bits per heavy atom. The minimum atomic E-state index is -0.259. The summed E-state index contributed by atoms with van der Waals surface area (Å²) in [6.07, 6.45) is 6.36. The van der Waals surface area contributed by atoms with Gasteiger partial charge < -0.3 is 20.9 Å². The van der Waals surface area contributed by atoms with Gasteiger partial charge in [0.05, 0.1) is 35.3 Å². The average Bonchev–Trinajstić information content (AvgIpc) is 3.22. The van der Waals surface area contributed by atoms with Gasteiger partial charge in [-0.15, -0.1) is 0 Å². The van der Waals surface area contributed by atoms with Crippen molar-refractivity contribution in [2.24, 2.45) is 0 Å². The Hall–Kier alpha value is -3.28. The normalized spacial score (nSPS) is 19.6. The van der Waals surface area contributed by atoms with E-state index in [1.54, 1.807) is 0 Å². The van der Waals surface area contributed by atoms with Crippen LogP contribution < -0.4 is 31.3 Å². The number of benzene rings is 2. The van der Waals surface area contributed by atoms with Crippen molar-refractivity contribution in [3.8, 4) is 0 Å². The van der Waals surface area contributed by atoms with Gasteiger partial charge in [0.25, 0.3) is 5.91 Å². The summed E-state index contributed by atoms with van der Waals surface area (Å²) in [7, 11) is 2.02. The SMILES string of the molecule is CC(=O)CNC(=O)c1cc2c(c3c1CCC1(C=c4ccccc4=C1)N3)NC(C)N2C. The van der Waals surface area contributed by atoms with Crippen LogP contribution in [0.5, 0.6) is 0 Å². The molecule has 30 heavy (non-hydrogen) atoms. The molecule has 154 valence electrons. The molecule has 0 bridgehead atoms. The lowest BCUT2D eigenvalue weighted by molar-refractivity contribution is -0.116. The van der Waals surface area contributed by atoms with Crippen LogP contribution in [-0.4, -0.2) is 37.0 Å². The number of hydrogen-bond donors (Lipinski definition) is 3. The van der Waals surface area contributed by atoms with Gasteiger partial charge in [0.15, 0.2) is 0 Å². The first-order valence-electron chi connectivity index (χ1n) is 10.4. The molecule has 0 aromatic heterocycles. The Morgan fingerprint density at radius 2 is 1.90 bits per heavy atom. The summed E-state index contributed by atoms with van der Waals surface area (Å²) < 4.78 is 0. The molecule has 1 spiro atoms. The van der Waals surface area contributed by atoms with Crippen LogP contribution in [0.3, 0.4) is 0 Å². The van der Waals surface area contributed by atoms with Gasteiger partial charge in [0.2, 0.25) is 0 Å². The van der Waals surface area contributed by atoms with Gasteiger partial charge in [-0.1, -0.05) is 24.3 Å². The number of anilines is 3. The molecule has 3 N–H and O–H groups in total. The highest BCUT2D eigenvalue weighted by atomic mass is 16.2. The smallest absolute Gasteiger partial charge is 0.252 e. The summed E-state index contributed by atoms with van der Waals surface area (Å²) in [5, 5.41) is 12.6. The molecule has 2 heterocycles. The number of nitrogens with one attached hydrogen (secondary N) is 3. The molecule has 2 aliphatic heterocycles. The summed E-state index contributed by atoms with van der Waals surface area (Å²) in [4.78, 5) is 26.5. The summed E-state index contributed by atoms with van der Waals surface area (Å²) in [6.45, 7) is 3.63. The zero-order valence-corrected chi connectivity index (χ0v) is 17.5. The minimum Gasteiger partial charge on any atom is -0.371 e. The fraction of sp³-hybridized carbons (Fsp3) is 0.333. The predicted molar refractivity (Wildman–Crippen MR) is 120 cm³/mol. The van der Waals surface area contributed by atoms with E-state index in [1.165, 1.54) is 17.4 Å². The lowest BCUT2D eigenvalue weighted by atomic mass is 9.84. The molecule has 6 heteroatoms. The molecule has 0 saturated heterocycles. The lowest BCUT2D eigenvalue weighted by Crippen LogP contribution is -2.38. The Labute approximate surface area is 175 Å². The second kappa shape index (κ2) is 6.62. The molecule has 6 nitrogen and oxygen atoms in total. The maximum atomic E-state index is 13.0. The number of ketones is 1. The Morgan fingerprint density at radius 3 is 2.57 bits per heavy atom. The fourth-order valence-electron chi connectivity index (χ4n) is 4.76. The zero-order chi connectivity index (χ0) is 21.0. The maximum absolute atomic E-state index is 13.0. The van der Waals surface area contributed by atoms with E-state index in [1.807, 2.05) is 13.1 Å². The third kappa shape index (κ3) is 2.86. The van der Waals surface area contributed by atoms with Crippen LogP contribution >= 0.6 is 0 Å². The largest absolute Gasteiger partial charge is 0.371 e. The summed E-state index contributed by atoms with van der Waals surface area (Å²) in [6, 6.07) is 10.4. The number of rotatable bonds is 3. The maximum Gasteiger partial charge on any atom is 0.252 e. The Bertz CT molecular complexity index is 1170. The van der Waals surface area contributed by atoms with Crippen molar-refractivity contribution in [2.45, 2.75) is 38.4 Å². The highest BCUT2D eigenvalue weighted by Gasteiger charge is 2.38. The van der Waals surface area contributed by atoms with E-state index in [0.717, 1.165) is 35.5 Å². The van der Waals surface area contributed by atoms with E-state index >= 15 is 0 Å². The summed E-state index contributed by atoms with van der Waals surface area (Å²) in [5.74, 6) is -0.256.